The first kappa shape index (κ1) is 11.2. The molecule has 1 aliphatic heterocycles. The van der Waals surface area contributed by atoms with E-state index in [0.717, 1.165) is 19.5 Å². The fraction of sp³-hybridized carbons (Fsp3) is 0.500. The molecular formula is C14H19NO. The summed E-state index contributed by atoms with van der Waals surface area (Å²) in [5, 5.41) is 0. The van der Waals surface area contributed by atoms with Crippen LogP contribution in [-0.2, 0) is 4.79 Å². The number of anilines is 1. The number of nitrogens with zero attached hydrogens (tertiary/aromatic N) is 1. The van der Waals surface area contributed by atoms with E-state index in [1.54, 1.807) is 0 Å². The summed E-state index contributed by atoms with van der Waals surface area (Å²) in [7, 11) is 0. The van der Waals surface area contributed by atoms with Crippen LogP contribution < -0.4 is 4.90 Å². The van der Waals surface area contributed by atoms with Crippen LogP contribution in [0.1, 0.15) is 25.3 Å². The van der Waals surface area contributed by atoms with Gasteiger partial charge in [0.05, 0.1) is 0 Å². The number of carbonyl (C=O) groups is 1. The predicted octanol–water partition coefficient (Wildman–Crippen LogP) is 2.80. The largest absolute Gasteiger partial charge is 0.371 e. The zero-order chi connectivity index (χ0) is 11.5. The van der Waals surface area contributed by atoms with Crippen LogP contribution in [0.2, 0.25) is 0 Å². The molecule has 0 spiro atoms. The van der Waals surface area contributed by atoms with Gasteiger partial charge in [-0.2, -0.15) is 0 Å². The Morgan fingerprint density at radius 2 is 2.31 bits per heavy atom. The molecule has 1 unspecified atom stereocenters. The molecule has 86 valence electrons. The number of hydrogen-bond acceptors (Lipinski definition) is 2. The van der Waals surface area contributed by atoms with Crippen molar-refractivity contribution in [1.29, 1.82) is 0 Å². The molecule has 2 heteroatoms. The van der Waals surface area contributed by atoms with Gasteiger partial charge in [0.15, 0.2) is 0 Å². The molecule has 1 aromatic carbocycles. The number of aryl methyl sites for hydroxylation is 1. The van der Waals surface area contributed by atoms with E-state index in [0.29, 0.717) is 12.2 Å². The molecule has 0 saturated carbocycles. The van der Waals surface area contributed by atoms with E-state index >= 15 is 0 Å². The van der Waals surface area contributed by atoms with Crippen molar-refractivity contribution in [2.75, 3.05) is 18.0 Å². The third-order valence-corrected chi connectivity index (χ3v) is 3.36. The number of Topliss-reactive ketones (excluding diaryl/α,β-unsaturated/α-hetero) is 1. The van der Waals surface area contributed by atoms with Gasteiger partial charge in [0.2, 0.25) is 0 Å². The molecule has 1 saturated heterocycles. The molecule has 2 rings (SSSR count). The minimum Gasteiger partial charge on any atom is -0.371 e. The lowest BCUT2D eigenvalue weighted by Gasteiger charge is -2.18. The Morgan fingerprint density at radius 1 is 1.50 bits per heavy atom. The summed E-state index contributed by atoms with van der Waals surface area (Å²) in [5.74, 6) is 0.667. The molecule has 1 fully saturated rings. The summed E-state index contributed by atoms with van der Waals surface area (Å²) < 4.78 is 0. The predicted molar refractivity (Wildman–Crippen MR) is 66.8 cm³/mol. The highest BCUT2D eigenvalue weighted by Crippen LogP contribution is 2.25. The van der Waals surface area contributed by atoms with Crippen molar-refractivity contribution < 1.29 is 4.79 Å². The average molecular weight is 217 g/mol. The number of hydrogen-bond donors (Lipinski definition) is 0. The highest BCUT2D eigenvalue weighted by Gasteiger charge is 2.26. The number of ketones is 1. The van der Waals surface area contributed by atoms with Gasteiger partial charge < -0.3 is 4.90 Å². The van der Waals surface area contributed by atoms with Crippen molar-refractivity contribution in [3.05, 3.63) is 29.8 Å². The van der Waals surface area contributed by atoms with E-state index in [-0.39, 0.29) is 5.92 Å². The summed E-state index contributed by atoms with van der Waals surface area (Å²) in [5.41, 5.74) is 2.54. The van der Waals surface area contributed by atoms with Crippen molar-refractivity contribution in [2.45, 2.75) is 26.7 Å². The van der Waals surface area contributed by atoms with E-state index < -0.39 is 0 Å². The van der Waals surface area contributed by atoms with Gasteiger partial charge in [-0.05, 0) is 31.0 Å². The van der Waals surface area contributed by atoms with Gasteiger partial charge in [-0.25, -0.2) is 0 Å². The van der Waals surface area contributed by atoms with Gasteiger partial charge in [-0.3, -0.25) is 4.79 Å². The van der Waals surface area contributed by atoms with Crippen molar-refractivity contribution >= 4 is 11.5 Å². The van der Waals surface area contributed by atoms with E-state index in [9.17, 15) is 4.79 Å². The Labute approximate surface area is 97.3 Å². The normalized spacial score (nSPS) is 20.1. The molecule has 0 N–H and O–H groups in total. The van der Waals surface area contributed by atoms with Gasteiger partial charge in [-0.15, -0.1) is 0 Å². The van der Waals surface area contributed by atoms with Crippen LogP contribution >= 0.6 is 0 Å². The second-order valence-corrected chi connectivity index (χ2v) is 4.59. The molecule has 1 heterocycles. The van der Waals surface area contributed by atoms with Gasteiger partial charge in [0.1, 0.15) is 5.78 Å². The van der Waals surface area contributed by atoms with Crippen molar-refractivity contribution in [3.63, 3.8) is 0 Å². The quantitative estimate of drug-likeness (QED) is 0.776. The lowest BCUT2D eigenvalue weighted by atomic mass is 10.0. The van der Waals surface area contributed by atoms with Crippen molar-refractivity contribution in [2.24, 2.45) is 5.92 Å². The monoisotopic (exact) mass is 217 g/mol. The summed E-state index contributed by atoms with van der Waals surface area (Å²) in [6, 6.07) is 8.51. The number of carbonyl (C=O) groups excluding carboxylic acids is 1. The van der Waals surface area contributed by atoms with Crippen molar-refractivity contribution in [1.82, 2.24) is 0 Å². The van der Waals surface area contributed by atoms with Gasteiger partial charge in [0, 0.05) is 31.1 Å². The first-order valence-corrected chi connectivity index (χ1v) is 6.05. The van der Waals surface area contributed by atoms with Crippen LogP contribution in [0.5, 0.6) is 0 Å². The third kappa shape index (κ3) is 2.26. The molecule has 2 nitrogen and oxygen atoms in total. The maximum absolute atomic E-state index is 11.6. The Balaban J connectivity index is 2.06. The SMILES string of the molecule is CCC(=O)C1CCN(c2cccc(C)c2)C1. The molecule has 0 bridgehead atoms. The Kier molecular flexibility index (Phi) is 3.28. The average Bonchev–Trinajstić information content (AvgIpc) is 2.77. The summed E-state index contributed by atoms with van der Waals surface area (Å²) in [6.07, 6.45) is 1.69. The van der Waals surface area contributed by atoms with Gasteiger partial charge >= 0.3 is 0 Å². The molecular weight excluding hydrogens is 198 g/mol. The minimum atomic E-state index is 0.255. The number of benzene rings is 1. The standard InChI is InChI=1S/C14H19NO/c1-3-14(16)12-7-8-15(10-12)13-6-4-5-11(2)9-13/h4-6,9,12H,3,7-8,10H2,1-2H3. The lowest BCUT2D eigenvalue weighted by molar-refractivity contribution is -0.121. The van der Waals surface area contributed by atoms with E-state index in [1.807, 2.05) is 6.92 Å². The first-order valence-electron chi connectivity index (χ1n) is 6.05. The number of rotatable bonds is 3. The second kappa shape index (κ2) is 4.69. The summed E-state index contributed by atoms with van der Waals surface area (Å²) >= 11 is 0. The van der Waals surface area contributed by atoms with E-state index in [2.05, 4.69) is 36.1 Å². The van der Waals surface area contributed by atoms with Crippen LogP contribution in [0.4, 0.5) is 5.69 Å². The third-order valence-electron chi connectivity index (χ3n) is 3.36. The minimum absolute atomic E-state index is 0.255. The summed E-state index contributed by atoms with van der Waals surface area (Å²) in [4.78, 5) is 14.0. The van der Waals surface area contributed by atoms with Gasteiger partial charge in [-0.1, -0.05) is 19.1 Å². The zero-order valence-corrected chi connectivity index (χ0v) is 10.1. The molecule has 0 radical (unpaired) electrons. The molecule has 0 aromatic heterocycles. The summed E-state index contributed by atoms with van der Waals surface area (Å²) in [6.45, 7) is 5.97. The Hall–Kier alpha value is -1.31. The van der Waals surface area contributed by atoms with Crippen LogP contribution in [0.25, 0.3) is 0 Å². The maximum atomic E-state index is 11.6. The fourth-order valence-electron chi connectivity index (χ4n) is 2.37. The van der Waals surface area contributed by atoms with E-state index in [1.165, 1.54) is 11.3 Å². The molecule has 1 aliphatic rings. The topological polar surface area (TPSA) is 20.3 Å². The molecule has 1 aromatic rings. The fourth-order valence-corrected chi connectivity index (χ4v) is 2.37. The lowest BCUT2D eigenvalue weighted by Crippen LogP contribution is -2.22. The van der Waals surface area contributed by atoms with Crippen LogP contribution in [0.15, 0.2) is 24.3 Å². The molecule has 16 heavy (non-hydrogen) atoms. The molecule has 1 atom stereocenters. The highest BCUT2D eigenvalue weighted by atomic mass is 16.1. The van der Waals surface area contributed by atoms with Crippen molar-refractivity contribution in [3.8, 4) is 0 Å². The Bertz CT molecular complexity index is 386. The maximum Gasteiger partial charge on any atom is 0.137 e. The Morgan fingerprint density at radius 3 is 3.00 bits per heavy atom. The van der Waals surface area contributed by atoms with Crippen LogP contribution in [0, 0.1) is 12.8 Å². The molecule has 0 amide bonds. The van der Waals surface area contributed by atoms with E-state index in [4.69, 9.17) is 0 Å². The smallest absolute Gasteiger partial charge is 0.137 e. The van der Waals surface area contributed by atoms with Gasteiger partial charge in [0.25, 0.3) is 0 Å². The first-order chi connectivity index (χ1) is 7.70. The zero-order valence-electron chi connectivity index (χ0n) is 10.1. The second-order valence-electron chi connectivity index (χ2n) is 4.59. The molecule has 0 aliphatic carbocycles. The highest BCUT2D eigenvalue weighted by molar-refractivity contribution is 5.82. The van der Waals surface area contributed by atoms with Crippen LogP contribution in [0.3, 0.4) is 0 Å². The van der Waals surface area contributed by atoms with Crippen LogP contribution in [-0.4, -0.2) is 18.9 Å².